The van der Waals surface area contributed by atoms with Crippen LogP contribution in [0.4, 0.5) is 0 Å². The molecule has 0 aromatic rings. The van der Waals surface area contributed by atoms with E-state index in [0.717, 1.165) is 0 Å². The van der Waals surface area contributed by atoms with Gasteiger partial charge in [-0.15, -0.1) is 0 Å². The Labute approximate surface area is 84.4 Å². The number of aliphatic carboxylic acids is 1. The number of hydrogen-bond donors (Lipinski definition) is 4. The summed E-state index contributed by atoms with van der Waals surface area (Å²) in [6.45, 7) is 0. The maximum atomic E-state index is 9.70. The molecule has 6 nitrogen and oxygen atoms in total. The van der Waals surface area contributed by atoms with Gasteiger partial charge in [0, 0.05) is 0 Å². The van der Waals surface area contributed by atoms with Gasteiger partial charge in [0.25, 0.3) is 0 Å². The minimum atomic E-state index is -2.28. The summed E-state index contributed by atoms with van der Waals surface area (Å²) in [6, 6.07) is 0. The third kappa shape index (κ3) is 4.70. The number of carboxylic acids is 1. The second kappa shape index (κ2) is 5.90. The number of rotatable bonds is 3. The van der Waals surface area contributed by atoms with Gasteiger partial charge in [-0.2, -0.15) is 0 Å². The van der Waals surface area contributed by atoms with Gasteiger partial charge in [0.2, 0.25) is 0 Å². The fraction of sp³-hybridized carbons (Fsp3) is 0.750. The monoisotopic (exact) mass is 174 g/mol. The summed E-state index contributed by atoms with van der Waals surface area (Å²) in [4.78, 5) is 9.70. The van der Waals surface area contributed by atoms with Crippen molar-refractivity contribution in [1.29, 1.82) is 0 Å². The number of aliphatic hydroxyl groups is 4. The van der Waals surface area contributed by atoms with Crippen LogP contribution >= 0.6 is 0 Å². The largest absolute Gasteiger partial charge is 1.00 e. The molecule has 11 heavy (non-hydrogen) atoms. The molecule has 0 spiro atoms. The molecule has 0 radical (unpaired) electrons. The molecular formula is C4H7NaO6. The van der Waals surface area contributed by atoms with E-state index in [4.69, 9.17) is 20.4 Å². The SMILES string of the molecule is O=C([O-])C(O)C(O)C(O)O.[Na+]. The average molecular weight is 174 g/mol. The molecule has 7 heteroatoms. The Morgan fingerprint density at radius 1 is 1.18 bits per heavy atom. The minimum absolute atomic E-state index is 0. The first-order valence-electron chi connectivity index (χ1n) is 2.40. The molecule has 60 valence electrons. The van der Waals surface area contributed by atoms with Gasteiger partial charge in [0.1, 0.15) is 12.2 Å². The van der Waals surface area contributed by atoms with Crippen molar-refractivity contribution in [2.24, 2.45) is 0 Å². The predicted octanol–water partition coefficient (Wildman–Crippen LogP) is -7.23. The second-order valence-corrected chi connectivity index (χ2v) is 1.67. The van der Waals surface area contributed by atoms with Gasteiger partial charge in [-0.3, -0.25) is 0 Å². The van der Waals surface area contributed by atoms with E-state index in [1.165, 1.54) is 0 Å². The molecule has 0 aliphatic rings. The standard InChI is InChI=1S/C4H8O6.Na/c5-1(3(7)8)2(6)4(9)10;/h1-3,5-8H,(H,9,10);/q;+1/p-1. The third-order valence-corrected chi connectivity index (χ3v) is 0.870. The molecule has 0 heterocycles. The number of hydrogen-bond acceptors (Lipinski definition) is 6. The van der Waals surface area contributed by atoms with Crippen molar-refractivity contribution in [2.45, 2.75) is 18.5 Å². The summed E-state index contributed by atoms with van der Waals surface area (Å²) < 4.78 is 0. The molecule has 2 atom stereocenters. The van der Waals surface area contributed by atoms with Crippen LogP contribution in [0.5, 0.6) is 0 Å². The molecule has 2 unspecified atom stereocenters. The van der Waals surface area contributed by atoms with Crippen LogP contribution < -0.4 is 34.7 Å². The summed E-state index contributed by atoms with van der Waals surface area (Å²) in [5, 5.41) is 42.6. The van der Waals surface area contributed by atoms with Gasteiger partial charge >= 0.3 is 29.6 Å². The molecule has 0 amide bonds. The maximum Gasteiger partial charge on any atom is 1.00 e. The molecular weight excluding hydrogens is 167 g/mol. The zero-order valence-electron chi connectivity index (χ0n) is 5.84. The van der Waals surface area contributed by atoms with Gasteiger partial charge in [0.15, 0.2) is 6.29 Å². The van der Waals surface area contributed by atoms with E-state index in [0.29, 0.717) is 0 Å². The fourth-order valence-electron chi connectivity index (χ4n) is 0.302. The third-order valence-electron chi connectivity index (χ3n) is 0.870. The van der Waals surface area contributed by atoms with Crippen molar-refractivity contribution in [2.75, 3.05) is 0 Å². The Hall–Kier alpha value is 0.310. The van der Waals surface area contributed by atoms with E-state index in [2.05, 4.69) is 0 Å². The van der Waals surface area contributed by atoms with E-state index < -0.39 is 24.5 Å². The van der Waals surface area contributed by atoms with E-state index in [1.807, 2.05) is 0 Å². The zero-order chi connectivity index (χ0) is 8.31. The van der Waals surface area contributed by atoms with Crippen LogP contribution in [-0.4, -0.2) is 44.9 Å². The first-order valence-corrected chi connectivity index (χ1v) is 2.40. The summed E-state index contributed by atoms with van der Waals surface area (Å²) in [5.41, 5.74) is 0. The smallest absolute Gasteiger partial charge is 0.547 e. The number of carbonyl (C=O) groups excluding carboxylic acids is 1. The second-order valence-electron chi connectivity index (χ2n) is 1.67. The van der Waals surface area contributed by atoms with Crippen molar-refractivity contribution < 1.29 is 59.9 Å². The number of carboxylic acid groups (broad SMARTS) is 1. The summed E-state index contributed by atoms with van der Waals surface area (Å²) in [6.07, 6.45) is -6.70. The molecule has 0 fully saturated rings. The van der Waals surface area contributed by atoms with E-state index >= 15 is 0 Å². The normalized spacial score (nSPS) is 15.4. The van der Waals surface area contributed by atoms with Crippen LogP contribution in [0.1, 0.15) is 0 Å². The Kier molecular flexibility index (Phi) is 7.44. The van der Waals surface area contributed by atoms with Crippen LogP contribution in [-0.2, 0) is 4.79 Å². The van der Waals surface area contributed by atoms with Crippen LogP contribution in [0.15, 0.2) is 0 Å². The van der Waals surface area contributed by atoms with E-state index in [-0.39, 0.29) is 29.6 Å². The van der Waals surface area contributed by atoms with Gasteiger partial charge in [-0.25, -0.2) is 0 Å². The summed E-state index contributed by atoms with van der Waals surface area (Å²) >= 11 is 0. The van der Waals surface area contributed by atoms with Crippen LogP contribution in [0.2, 0.25) is 0 Å². The van der Waals surface area contributed by atoms with Crippen LogP contribution in [0, 0.1) is 0 Å². The number of carbonyl (C=O) groups is 1. The van der Waals surface area contributed by atoms with E-state index in [9.17, 15) is 9.90 Å². The Morgan fingerprint density at radius 2 is 1.55 bits per heavy atom. The van der Waals surface area contributed by atoms with Crippen molar-refractivity contribution in [1.82, 2.24) is 0 Å². The zero-order valence-corrected chi connectivity index (χ0v) is 7.84. The van der Waals surface area contributed by atoms with Crippen molar-refractivity contribution >= 4 is 5.97 Å². The molecule has 0 aliphatic heterocycles. The maximum absolute atomic E-state index is 9.70. The molecule has 0 aromatic carbocycles. The molecule has 0 bridgehead atoms. The van der Waals surface area contributed by atoms with E-state index in [1.54, 1.807) is 0 Å². The molecule has 0 aromatic heterocycles. The van der Waals surface area contributed by atoms with Gasteiger partial charge in [0.05, 0.1) is 5.97 Å². The Morgan fingerprint density at radius 3 is 1.64 bits per heavy atom. The Bertz CT molecular complexity index is 126. The molecule has 4 N–H and O–H groups in total. The molecule has 0 aliphatic carbocycles. The topological polar surface area (TPSA) is 121 Å². The van der Waals surface area contributed by atoms with Crippen molar-refractivity contribution in [3.05, 3.63) is 0 Å². The van der Waals surface area contributed by atoms with Crippen LogP contribution in [0.25, 0.3) is 0 Å². The molecule has 0 saturated carbocycles. The molecule has 0 rings (SSSR count). The fourth-order valence-corrected chi connectivity index (χ4v) is 0.302. The molecule has 0 saturated heterocycles. The Balaban J connectivity index is 0. The van der Waals surface area contributed by atoms with Crippen molar-refractivity contribution in [3.63, 3.8) is 0 Å². The first-order chi connectivity index (χ1) is 4.46. The van der Waals surface area contributed by atoms with Gasteiger partial charge in [-0.1, -0.05) is 0 Å². The average Bonchev–Trinajstić information content (AvgIpc) is 1.84. The van der Waals surface area contributed by atoms with Crippen molar-refractivity contribution in [3.8, 4) is 0 Å². The minimum Gasteiger partial charge on any atom is -0.547 e. The quantitative estimate of drug-likeness (QED) is 0.249. The van der Waals surface area contributed by atoms with Gasteiger partial charge < -0.3 is 30.3 Å². The number of aliphatic hydroxyl groups excluding tert-OH is 3. The first kappa shape index (κ1) is 13.9. The summed E-state index contributed by atoms with van der Waals surface area (Å²) in [7, 11) is 0. The summed E-state index contributed by atoms with van der Waals surface area (Å²) in [5.74, 6) is -1.96. The predicted molar refractivity (Wildman–Crippen MR) is 25.2 cm³/mol. The van der Waals surface area contributed by atoms with Gasteiger partial charge in [-0.05, 0) is 0 Å². The van der Waals surface area contributed by atoms with Crippen LogP contribution in [0.3, 0.4) is 0 Å².